The van der Waals surface area contributed by atoms with E-state index in [4.69, 9.17) is 5.73 Å². The van der Waals surface area contributed by atoms with E-state index in [0.717, 1.165) is 12.1 Å². The monoisotopic (exact) mass is 293 g/mol. The quantitative estimate of drug-likeness (QED) is 0.840. The topological polar surface area (TPSA) is 26.0 Å². The first-order chi connectivity index (χ1) is 7.73. The van der Waals surface area contributed by atoms with Crippen LogP contribution in [0.3, 0.4) is 0 Å². The molecule has 0 radical (unpaired) electrons. The molecule has 0 unspecified atom stereocenters. The van der Waals surface area contributed by atoms with E-state index in [-0.39, 0.29) is 12.4 Å². The molecule has 0 heterocycles. The largest absolute Gasteiger partial charge is 0.416 e. The smallest absolute Gasteiger partial charge is 0.324 e. The summed E-state index contributed by atoms with van der Waals surface area (Å²) in [6, 6.07) is 0.545. The Bertz CT molecular complexity index is 392. The van der Waals surface area contributed by atoms with Crippen LogP contribution in [0.2, 0.25) is 0 Å². The van der Waals surface area contributed by atoms with E-state index in [0.29, 0.717) is 6.07 Å². The molecule has 1 nitrogen and oxygen atoms in total. The van der Waals surface area contributed by atoms with Crippen LogP contribution in [0.4, 0.5) is 26.3 Å². The normalized spacial score (nSPS) is 13.3. The Kier molecular flexibility index (Phi) is 5.95. The highest BCUT2D eigenvalue weighted by atomic mass is 35.5. The molecule has 1 atom stereocenters. The van der Waals surface area contributed by atoms with Crippen LogP contribution in [0.15, 0.2) is 18.2 Å². The van der Waals surface area contributed by atoms with Gasteiger partial charge >= 0.3 is 6.18 Å². The van der Waals surface area contributed by atoms with Crippen LogP contribution in [0.25, 0.3) is 0 Å². The van der Waals surface area contributed by atoms with Gasteiger partial charge in [0.05, 0.1) is 5.56 Å². The number of hydrogen-bond acceptors (Lipinski definition) is 1. The lowest BCUT2D eigenvalue weighted by molar-refractivity contribution is -0.138. The zero-order valence-electron chi connectivity index (χ0n) is 8.85. The van der Waals surface area contributed by atoms with Crippen LogP contribution in [0.1, 0.15) is 23.6 Å². The van der Waals surface area contributed by atoms with E-state index in [1.165, 1.54) is 0 Å². The molecule has 2 N–H and O–H groups in total. The summed E-state index contributed by atoms with van der Waals surface area (Å²) in [6.07, 6.45) is -8.74. The van der Waals surface area contributed by atoms with Gasteiger partial charge < -0.3 is 5.73 Å². The number of benzene rings is 1. The maximum atomic E-state index is 13.3. The highest BCUT2D eigenvalue weighted by molar-refractivity contribution is 5.85. The van der Waals surface area contributed by atoms with Gasteiger partial charge in [-0.05, 0) is 12.1 Å². The van der Waals surface area contributed by atoms with Crippen molar-refractivity contribution in [3.05, 3.63) is 35.1 Å². The Labute approximate surface area is 105 Å². The first kappa shape index (κ1) is 17.1. The second kappa shape index (κ2) is 6.29. The summed E-state index contributed by atoms with van der Waals surface area (Å²) in [5, 5.41) is 0. The Morgan fingerprint density at radius 1 is 1.17 bits per heavy atom. The van der Waals surface area contributed by atoms with Crippen LogP contribution < -0.4 is 5.73 Å². The number of alkyl halides is 5. The van der Waals surface area contributed by atoms with Gasteiger partial charge in [0.1, 0.15) is 5.82 Å². The fourth-order valence-corrected chi connectivity index (χ4v) is 1.47. The first-order valence-corrected chi connectivity index (χ1v) is 4.62. The average Bonchev–Trinajstić information content (AvgIpc) is 2.14. The molecule has 1 aromatic rings. The van der Waals surface area contributed by atoms with Gasteiger partial charge in [-0.3, -0.25) is 0 Å². The molecule has 0 bridgehead atoms. The Morgan fingerprint density at radius 2 is 1.72 bits per heavy atom. The number of nitrogens with two attached hydrogens (primary N) is 1. The predicted octanol–water partition coefficient (Wildman–Crippen LogP) is 3.92. The van der Waals surface area contributed by atoms with E-state index in [1.54, 1.807) is 0 Å². The molecule has 104 valence electrons. The lowest BCUT2D eigenvalue weighted by atomic mass is 9.97. The molecular formula is C10H10ClF6N. The second-order valence-electron chi connectivity index (χ2n) is 3.43. The van der Waals surface area contributed by atoms with Crippen LogP contribution in [-0.2, 0) is 6.18 Å². The molecule has 0 fully saturated rings. The molecule has 0 aliphatic heterocycles. The standard InChI is InChI=1S/C10H9F6N.ClH/c11-6-3-1-2-5(10(14,15)16)9(6)7(17)4-8(12)13;/h1-3,7-8H,4,17H2;1H/t7-;/m1./s1. The molecule has 18 heavy (non-hydrogen) atoms. The second-order valence-corrected chi connectivity index (χ2v) is 3.43. The average molecular weight is 294 g/mol. The van der Waals surface area contributed by atoms with Gasteiger partial charge in [0.25, 0.3) is 0 Å². The number of halogens is 7. The molecule has 1 rings (SSSR count). The predicted molar refractivity (Wildman–Crippen MR) is 56.2 cm³/mol. The highest BCUT2D eigenvalue weighted by Gasteiger charge is 2.36. The van der Waals surface area contributed by atoms with E-state index in [2.05, 4.69) is 0 Å². The SMILES string of the molecule is Cl.N[C@H](CC(F)F)c1c(F)cccc1C(F)(F)F. The summed E-state index contributed by atoms with van der Waals surface area (Å²) in [7, 11) is 0. The molecule has 8 heteroatoms. The molecule has 0 amide bonds. The summed E-state index contributed by atoms with van der Waals surface area (Å²) < 4.78 is 74.9. The highest BCUT2D eigenvalue weighted by Crippen LogP contribution is 2.36. The lowest BCUT2D eigenvalue weighted by Crippen LogP contribution is -2.21. The lowest BCUT2D eigenvalue weighted by Gasteiger charge is -2.18. The molecule has 0 aliphatic rings. The van der Waals surface area contributed by atoms with Crippen molar-refractivity contribution < 1.29 is 26.3 Å². The zero-order chi connectivity index (χ0) is 13.2. The van der Waals surface area contributed by atoms with Gasteiger partial charge in [0, 0.05) is 18.0 Å². The van der Waals surface area contributed by atoms with Gasteiger partial charge in [-0.2, -0.15) is 13.2 Å². The minimum Gasteiger partial charge on any atom is -0.324 e. The minimum absolute atomic E-state index is 0. The van der Waals surface area contributed by atoms with E-state index in [1.807, 2.05) is 0 Å². The van der Waals surface area contributed by atoms with Gasteiger partial charge in [-0.1, -0.05) is 6.07 Å². The first-order valence-electron chi connectivity index (χ1n) is 4.62. The fraction of sp³-hybridized carbons (Fsp3) is 0.400. The third-order valence-electron chi connectivity index (χ3n) is 2.16. The summed E-state index contributed by atoms with van der Waals surface area (Å²) in [6.45, 7) is 0. The molecule has 0 saturated carbocycles. The van der Waals surface area contributed by atoms with Crippen molar-refractivity contribution in [3.63, 3.8) is 0 Å². The number of hydrogen-bond donors (Lipinski definition) is 1. The third-order valence-corrected chi connectivity index (χ3v) is 2.16. The molecule has 0 aliphatic carbocycles. The summed E-state index contributed by atoms with van der Waals surface area (Å²) >= 11 is 0. The van der Waals surface area contributed by atoms with Gasteiger partial charge in [-0.15, -0.1) is 12.4 Å². The van der Waals surface area contributed by atoms with Crippen LogP contribution in [-0.4, -0.2) is 6.43 Å². The summed E-state index contributed by atoms with van der Waals surface area (Å²) in [4.78, 5) is 0. The third kappa shape index (κ3) is 4.06. The van der Waals surface area contributed by atoms with Gasteiger partial charge in [0.2, 0.25) is 6.43 Å². The van der Waals surface area contributed by atoms with Gasteiger partial charge in [-0.25, -0.2) is 13.2 Å². The van der Waals surface area contributed by atoms with Crippen molar-refractivity contribution in [2.75, 3.05) is 0 Å². The van der Waals surface area contributed by atoms with Crippen molar-refractivity contribution in [1.82, 2.24) is 0 Å². The van der Waals surface area contributed by atoms with Crippen molar-refractivity contribution >= 4 is 12.4 Å². The van der Waals surface area contributed by atoms with Crippen molar-refractivity contribution in [2.24, 2.45) is 5.73 Å². The van der Waals surface area contributed by atoms with E-state index in [9.17, 15) is 26.3 Å². The Morgan fingerprint density at radius 3 is 2.17 bits per heavy atom. The van der Waals surface area contributed by atoms with Crippen molar-refractivity contribution in [2.45, 2.75) is 25.1 Å². The van der Waals surface area contributed by atoms with Crippen molar-refractivity contribution in [3.8, 4) is 0 Å². The maximum absolute atomic E-state index is 13.3. The van der Waals surface area contributed by atoms with Gasteiger partial charge in [0.15, 0.2) is 0 Å². The molecule has 0 aromatic heterocycles. The zero-order valence-corrected chi connectivity index (χ0v) is 9.66. The fourth-order valence-electron chi connectivity index (χ4n) is 1.47. The molecule has 0 saturated heterocycles. The van der Waals surface area contributed by atoms with Crippen LogP contribution in [0.5, 0.6) is 0 Å². The number of rotatable bonds is 3. The molecular weight excluding hydrogens is 284 g/mol. The van der Waals surface area contributed by atoms with Crippen LogP contribution in [0, 0.1) is 5.82 Å². The van der Waals surface area contributed by atoms with E-state index >= 15 is 0 Å². The summed E-state index contributed by atoms with van der Waals surface area (Å²) in [5.41, 5.74) is 2.94. The minimum atomic E-state index is -4.82. The maximum Gasteiger partial charge on any atom is 0.416 e. The Hall–Kier alpha value is -0.950. The van der Waals surface area contributed by atoms with Crippen molar-refractivity contribution in [1.29, 1.82) is 0 Å². The van der Waals surface area contributed by atoms with Crippen LogP contribution >= 0.6 is 12.4 Å². The Balaban J connectivity index is 0.00000289. The summed E-state index contributed by atoms with van der Waals surface area (Å²) in [5.74, 6) is -1.23. The molecule has 1 aromatic carbocycles. The van der Waals surface area contributed by atoms with E-state index < -0.39 is 42.0 Å². The molecule has 0 spiro atoms.